The molecule has 0 bridgehead atoms. The van der Waals surface area contributed by atoms with Crippen LogP contribution in [0.5, 0.6) is 11.5 Å². The van der Waals surface area contributed by atoms with Gasteiger partial charge in [-0.25, -0.2) is 13.4 Å². The van der Waals surface area contributed by atoms with Gasteiger partial charge in [-0.3, -0.25) is 4.79 Å². The van der Waals surface area contributed by atoms with Crippen molar-refractivity contribution < 1.29 is 22.7 Å². The molecule has 1 unspecified atom stereocenters. The number of anilines is 1. The van der Waals surface area contributed by atoms with Gasteiger partial charge in [0.2, 0.25) is 5.91 Å². The number of fused-ring (bicyclic) bond motifs is 1. The summed E-state index contributed by atoms with van der Waals surface area (Å²) in [4.78, 5) is 18.0. The molecule has 0 saturated heterocycles. The molecular formula is C23H26N2O5S2. The van der Waals surface area contributed by atoms with Crippen LogP contribution < -0.4 is 14.8 Å². The lowest BCUT2D eigenvalue weighted by Crippen LogP contribution is -2.21. The van der Waals surface area contributed by atoms with Gasteiger partial charge in [0.05, 0.1) is 41.0 Å². The van der Waals surface area contributed by atoms with Crippen molar-refractivity contribution in [3.63, 3.8) is 0 Å². The SMILES string of the molecule is CCS(=O)(=O)c1ccc(C(CC2CC2)C(=O)Nc2nc3cc(OC)c(OC)cc3s2)cc1. The maximum absolute atomic E-state index is 13.2. The highest BCUT2D eigenvalue weighted by Gasteiger charge is 2.31. The molecule has 1 fully saturated rings. The number of thiazole rings is 1. The fraction of sp³-hybridized carbons (Fsp3) is 0.391. The Bertz CT molecular complexity index is 1190. The third-order valence-electron chi connectivity index (χ3n) is 5.73. The van der Waals surface area contributed by atoms with Crippen molar-refractivity contribution in [2.75, 3.05) is 25.3 Å². The number of hydrogen-bond donors (Lipinski definition) is 1. The predicted molar refractivity (Wildman–Crippen MR) is 126 cm³/mol. The second-order valence-corrected chi connectivity index (χ2v) is 11.2. The van der Waals surface area contributed by atoms with Crippen LogP contribution in [0.2, 0.25) is 0 Å². The van der Waals surface area contributed by atoms with E-state index in [1.807, 2.05) is 6.07 Å². The minimum absolute atomic E-state index is 0.0471. The minimum Gasteiger partial charge on any atom is -0.493 e. The number of aromatic nitrogens is 1. The zero-order valence-corrected chi connectivity index (χ0v) is 19.9. The molecule has 1 amide bonds. The van der Waals surface area contributed by atoms with Crippen molar-refractivity contribution >= 4 is 42.4 Å². The number of rotatable bonds is 9. The van der Waals surface area contributed by atoms with Crippen LogP contribution in [0.25, 0.3) is 10.2 Å². The van der Waals surface area contributed by atoms with Gasteiger partial charge in [0.1, 0.15) is 0 Å². The molecule has 0 spiro atoms. The van der Waals surface area contributed by atoms with Gasteiger partial charge in [-0.15, -0.1) is 0 Å². The molecule has 3 aromatic rings. The summed E-state index contributed by atoms with van der Waals surface area (Å²) in [5.41, 5.74) is 1.53. The number of sulfone groups is 1. The highest BCUT2D eigenvalue weighted by molar-refractivity contribution is 7.91. The van der Waals surface area contributed by atoms with Crippen LogP contribution in [0.3, 0.4) is 0 Å². The normalized spacial score (nSPS) is 14.8. The zero-order chi connectivity index (χ0) is 22.9. The number of nitrogens with zero attached hydrogens (tertiary/aromatic N) is 1. The largest absolute Gasteiger partial charge is 0.493 e. The second-order valence-electron chi connectivity index (χ2n) is 7.89. The third kappa shape index (κ3) is 4.73. The summed E-state index contributed by atoms with van der Waals surface area (Å²) in [5, 5.41) is 3.47. The molecule has 7 nitrogen and oxygen atoms in total. The first-order valence-corrected chi connectivity index (χ1v) is 13.0. The summed E-state index contributed by atoms with van der Waals surface area (Å²) >= 11 is 1.37. The maximum Gasteiger partial charge on any atom is 0.233 e. The molecule has 32 heavy (non-hydrogen) atoms. The van der Waals surface area contributed by atoms with Gasteiger partial charge in [-0.2, -0.15) is 0 Å². The van der Waals surface area contributed by atoms with E-state index < -0.39 is 9.84 Å². The number of methoxy groups -OCH3 is 2. The summed E-state index contributed by atoms with van der Waals surface area (Å²) in [7, 11) is -0.132. The Hall–Kier alpha value is -2.65. The number of hydrogen-bond acceptors (Lipinski definition) is 7. The van der Waals surface area contributed by atoms with Crippen molar-refractivity contribution in [2.45, 2.75) is 37.0 Å². The van der Waals surface area contributed by atoms with Gasteiger partial charge in [-0.05, 0) is 30.0 Å². The van der Waals surface area contributed by atoms with Crippen LogP contribution in [-0.4, -0.2) is 39.3 Å². The lowest BCUT2D eigenvalue weighted by Gasteiger charge is -2.16. The fourth-order valence-corrected chi connectivity index (χ4v) is 5.42. The predicted octanol–water partition coefficient (Wildman–Crippen LogP) is 4.63. The first kappa shape index (κ1) is 22.5. The van der Waals surface area contributed by atoms with Gasteiger partial charge in [0, 0.05) is 12.1 Å². The van der Waals surface area contributed by atoms with Crippen molar-refractivity contribution in [3.8, 4) is 11.5 Å². The Morgan fingerprint density at radius 1 is 1.16 bits per heavy atom. The van der Waals surface area contributed by atoms with Crippen molar-refractivity contribution in [3.05, 3.63) is 42.0 Å². The molecule has 0 radical (unpaired) electrons. The Morgan fingerprint density at radius 2 is 1.81 bits per heavy atom. The topological polar surface area (TPSA) is 94.6 Å². The summed E-state index contributed by atoms with van der Waals surface area (Å²) < 4.78 is 35.8. The number of carbonyl (C=O) groups excluding carboxylic acids is 1. The Morgan fingerprint density at radius 3 is 2.41 bits per heavy atom. The number of benzene rings is 2. The van der Waals surface area contributed by atoms with E-state index in [2.05, 4.69) is 10.3 Å². The fourth-order valence-electron chi connectivity index (χ4n) is 3.66. The molecule has 2 aromatic carbocycles. The molecule has 1 saturated carbocycles. The van der Waals surface area contributed by atoms with Gasteiger partial charge in [0.15, 0.2) is 26.5 Å². The monoisotopic (exact) mass is 474 g/mol. The van der Waals surface area contributed by atoms with E-state index in [1.54, 1.807) is 51.5 Å². The van der Waals surface area contributed by atoms with E-state index >= 15 is 0 Å². The Labute approximate surface area is 191 Å². The molecule has 1 aliphatic carbocycles. The summed E-state index contributed by atoms with van der Waals surface area (Å²) in [6.07, 6.45) is 2.97. The average molecular weight is 475 g/mol. The van der Waals surface area contributed by atoms with Crippen LogP contribution in [0.1, 0.15) is 37.7 Å². The first-order valence-electron chi connectivity index (χ1n) is 10.5. The summed E-state index contributed by atoms with van der Waals surface area (Å²) in [6, 6.07) is 10.3. The number of carbonyl (C=O) groups is 1. The van der Waals surface area contributed by atoms with Crippen molar-refractivity contribution in [1.82, 2.24) is 4.98 Å². The Balaban J connectivity index is 1.58. The van der Waals surface area contributed by atoms with Gasteiger partial charge >= 0.3 is 0 Å². The number of ether oxygens (including phenoxy) is 2. The lowest BCUT2D eigenvalue weighted by atomic mass is 9.92. The molecule has 0 aliphatic heterocycles. The van der Waals surface area contributed by atoms with Crippen molar-refractivity contribution in [2.24, 2.45) is 5.92 Å². The third-order valence-corrected chi connectivity index (χ3v) is 8.41. The van der Waals surface area contributed by atoms with Crippen molar-refractivity contribution in [1.29, 1.82) is 0 Å². The standard InChI is InChI=1S/C23H26N2O5S2/c1-4-32(27,28)16-9-7-15(8-10-16)17(11-14-5-6-14)22(26)25-23-24-18-12-19(29-2)20(30-3)13-21(18)31-23/h7-10,12-14,17H,4-6,11H2,1-3H3,(H,24,25,26). The van der Waals surface area contributed by atoms with E-state index in [1.165, 1.54) is 11.3 Å². The zero-order valence-electron chi connectivity index (χ0n) is 18.3. The quantitative estimate of drug-likeness (QED) is 0.486. The molecule has 4 rings (SSSR count). The van der Waals surface area contributed by atoms with Crippen LogP contribution in [0.15, 0.2) is 41.3 Å². The average Bonchev–Trinajstić information content (AvgIpc) is 3.54. The molecule has 1 aromatic heterocycles. The molecule has 1 heterocycles. The van der Waals surface area contributed by atoms with Crippen LogP contribution in [-0.2, 0) is 14.6 Å². The van der Waals surface area contributed by atoms with E-state index in [0.717, 1.165) is 35.0 Å². The van der Waals surface area contributed by atoms with Gasteiger partial charge in [-0.1, -0.05) is 43.2 Å². The maximum atomic E-state index is 13.2. The summed E-state index contributed by atoms with van der Waals surface area (Å²) in [5.74, 6) is 1.25. The Kier molecular flexibility index (Phi) is 6.39. The van der Waals surface area contributed by atoms with E-state index in [4.69, 9.17) is 9.47 Å². The molecule has 9 heteroatoms. The van der Waals surface area contributed by atoms with Gasteiger partial charge in [0.25, 0.3) is 0 Å². The molecule has 1 N–H and O–H groups in total. The van der Waals surface area contributed by atoms with Crippen LogP contribution in [0.4, 0.5) is 5.13 Å². The van der Waals surface area contributed by atoms with E-state index in [0.29, 0.717) is 22.5 Å². The number of amides is 1. The minimum atomic E-state index is -3.28. The lowest BCUT2D eigenvalue weighted by molar-refractivity contribution is -0.117. The number of nitrogens with one attached hydrogen (secondary N) is 1. The highest BCUT2D eigenvalue weighted by atomic mass is 32.2. The second kappa shape index (κ2) is 9.07. The van der Waals surface area contributed by atoms with Crippen LogP contribution in [0, 0.1) is 5.92 Å². The molecule has 1 atom stereocenters. The highest BCUT2D eigenvalue weighted by Crippen LogP contribution is 2.40. The molecule has 170 valence electrons. The van der Waals surface area contributed by atoms with E-state index in [9.17, 15) is 13.2 Å². The summed E-state index contributed by atoms with van der Waals surface area (Å²) in [6.45, 7) is 1.62. The van der Waals surface area contributed by atoms with E-state index in [-0.39, 0.29) is 22.5 Å². The van der Waals surface area contributed by atoms with Gasteiger partial charge < -0.3 is 14.8 Å². The molecule has 1 aliphatic rings. The first-order chi connectivity index (χ1) is 15.3. The molecular weight excluding hydrogens is 448 g/mol. The smallest absolute Gasteiger partial charge is 0.233 e. The van der Waals surface area contributed by atoms with Crippen LogP contribution >= 0.6 is 11.3 Å².